The number of nitrogens with zero attached hydrogens (tertiary/aromatic N) is 2. The maximum absolute atomic E-state index is 11.8. The van der Waals surface area contributed by atoms with Gasteiger partial charge in [-0.2, -0.15) is 0 Å². The summed E-state index contributed by atoms with van der Waals surface area (Å²) < 4.78 is 10.1. The molecule has 1 amide bonds. The summed E-state index contributed by atoms with van der Waals surface area (Å²) >= 11 is 0. The van der Waals surface area contributed by atoms with Gasteiger partial charge in [-0.25, -0.2) is 9.59 Å². The zero-order valence-electron chi connectivity index (χ0n) is 12.7. The van der Waals surface area contributed by atoms with Gasteiger partial charge in [-0.15, -0.1) is 0 Å². The lowest BCUT2D eigenvalue weighted by Crippen LogP contribution is -2.35. The summed E-state index contributed by atoms with van der Waals surface area (Å²) in [7, 11) is 0. The van der Waals surface area contributed by atoms with Crippen molar-refractivity contribution in [1.29, 1.82) is 0 Å². The molecule has 1 aromatic carbocycles. The molecule has 0 spiro atoms. The molecule has 1 aliphatic heterocycles. The lowest BCUT2D eigenvalue weighted by molar-refractivity contribution is -0.384. The van der Waals surface area contributed by atoms with E-state index in [9.17, 15) is 19.7 Å². The number of ether oxygens (including phenoxy) is 2. The van der Waals surface area contributed by atoms with Crippen molar-refractivity contribution >= 4 is 17.9 Å². The first kappa shape index (κ1) is 17.3. The lowest BCUT2D eigenvalue weighted by atomic mass is 10.1. The third-order valence-corrected chi connectivity index (χ3v) is 3.37. The molecule has 0 aromatic heterocycles. The monoisotopic (exact) mass is 336 g/mol. The van der Waals surface area contributed by atoms with Crippen molar-refractivity contribution < 1.29 is 29.1 Å². The number of non-ortho nitro benzene ring substituents is 1. The number of nitro groups is 1. The number of hydrogen-bond donors (Lipinski definition) is 1. The van der Waals surface area contributed by atoms with Crippen molar-refractivity contribution in [1.82, 2.24) is 4.90 Å². The third kappa shape index (κ3) is 4.97. The Morgan fingerprint density at radius 1 is 1.25 bits per heavy atom. The first-order valence-electron chi connectivity index (χ1n) is 7.23. The van der Waals surface area contributed by atoms with Gasteiger partial charge in [0.2, 0.25) is 0 Å². The Labute approximate surface area is 137 Å². The molecule has 1 N–H and O–H groups in total. The number of nitro benzene ring substituents is 1. The summed E-state index contributed by atoms with van der Waals surface area (Å²) in [5.41, 5.74) is -0.118. The Balaban J connectivity index is 1.90. The molecule has 0 aliphatic carbocycles. The van der Waals surface area contributed by atoms with Crippen LogP contribution in [0.15, 0.2) is 36.4 Å². The number of benzene rings is 1. The van der Waals surface area contributed by atoms with Crippen molar-refractivity contribution in [3.8, 4) is 5.75 Å². The van der Waals surface area contributed by atoms with Gasteiger partial charge in [0.05, 0.1) is 4.92 Å². The first-order chi connectivity index (χ1) is 11.5. The smallest absolute Gasteiger partial charge is 0.465 e. The quantitative estimate of drug-likeness (QED) is 0.296. The summed E-state index contributed by atoms with van der Waals surface area (Å²) in [6.07, 6.45) is 1.72. The van der Waals surface area contributed by atoms with Gasteiger partial charge in [-0.1, -0.05) is 6.08 Å². The molecular formula is C15H16N2O7. The molecule has 128 valence electrons. The second-order valence-electron chi connectivity index (χ2n) is 5.03. The molecule has 1 aromatic rings. The van der Waals surface area contributed by atoms with Gasteiger partial charge in [-0.05, 0) is 24.6 Å². The number of carbonyl (C=O) groups is 2. The van der Waals surface area contributed by atoms with Crippen LogP contribution in [0.5, 0.6) is 5.75 Å². The minimum Gasteiger partial charge on any atom is -0.465 e. The van der Waals surface area contributed by atoms with E-state index in [-0.39, 0.29) is 18.0 Å². The maximum Gasteiger partial charge on any atom is 0.514 e. The fourth-order valence-corrected chi connectivity index (χ4v) is 2.14. The van der Waals surface area contributed by atoms with E-state index in [4.69, 9.17) is 14.6 Å². The predicted molar refractivity (Wildman–Crippen MR) is 82.0 cm³/mol. The van der Waals surface area contributed by atoms with Crippen molar-refractivity contribution in [3.63, 3.8) is 0 Å². The van der Waals surface area contributed by atoms with Crippen molar-refractivity contribution in [3.05, 3.63) is 46.5 Å². The Morgan fingerprint density at radius 3 is 2.58 bits per heavy atom. The highest BCUT2D eigenvalue weighted by atomic mass is 16.7. The van der Waals surface area contributed by atoms with E-state index in [0.29, 0.717) is 19.4 Å². The number of hydrogen-bond acceptors (Lipinski definition) is 6. The van der Waals surface area contributed by atoms with Gasteiger partial charge in [0.25, 0.3) is 5.69 Å². The molecule has 1 heterocycles. The van der Waals surface area contributed by atoms with E-state index in [0.717, 1.165) is 0 Å². The molecule has 9 nitrogen and oxygen atoms in total. The highest BCUT2D eigenvalue weighted by Crippen LogP contribution is 2.18. The molecule has 0 saturated heterocycles. The van der Waals surface area contributed by atoms with Gasteiger partial charge in [0, 0.05) is 31.6 Å². The molecule has 0 saturated carbocycles. The largest absolute Gasteiger partial charge is 0.514 e. The average molecular weight is 336 g/mol. The molecule has 1 aliphatic rings. The highest BCUT2D eigenvalue weighted by Gasteiger charge is 2.19. The van der Waals surface area contributed by atoms with Gasteiger partial charge in [0.15, 0.2) is 0 Å². The van der Waals surface area contributed by atoms with Crippen LogP contribution in [0.2, 0.25) is 0 Å². The number of carboxylic acid groups (broad SMARTS) is 1. The molecule has 2 rings (SSSR count). The van der Waals surface area contributed by atoms with Gasteiger partial charge < -0.3 is 19.5 Å². The van der Waals surface area contributed by atoms with Crippen LogP contribution in [0.25, 0.3) is 0 Å². The molecule has 24 heavy (non-hydrogen) atoms. The standard InChI is InChI=1S/C15H16N2O7/c18-14(19)16-9-2-1-3-12(8-10-16)23-15(20)24-13-6-4-11(5-7-13)17(21)22/h1,3-7,12H,2,8-10H2,(H,18,19)/t12-/m1/s1. The van der Waals surface area contributed by atoms with E-state index in [2.05, 4.69) is 0 Å². The van der Waals surface area contributed by atoms with Crippen LogP contribution in [-0.2, 0) is 4.74 Å². The molecule has 0 unspecified atom stereocenters. The van der Waals surface area contributed by atoms with E-state index in [1.165, 1.54) is 29.2 Å². The zero-order chi connectivity index (χ0) is 17.5. The highest BCUT2D eigenvalue weighted by molar-refractivity contribution is 5.65. The minimum atomic E-state index is -1.02. The minimum absolute atomic E-state index is 0.118. The van der Waals surface area contributed by atoms with Gasteiger partial charge in [0.1, 0.15) is 11.9 Å². The fourth-order valence-electron chi connectivity index (χ4n) is 2.14. The van der Waals surface area contributed by atoms with E-state index in [1.54, 1.807) is 12.2 Å². The van der Waals surface area contributed by atoms with Gasteiger partial charge >= 0.3 is 12.2 Å². The molecule has 0 fully saturated rings. The SMILES string of the molecule is O=C(Oc1ccc([N+](=O)[O-])cc1)O[C@@H]1C=CCCN(C(=O)O)CC1. The Kier molecular flexibility index (Phi) is 5.72. The van der Waals surface area contributed by atoms with Crippen LogP contribution in [0.3, 0.4) is 0 Å². The number of amides is 1. The van der Waals surface area contributed by atoms with Crippen molar-refractivity contribution in [2.45, 2.75) is 18.9 Å². The Hall–Kier alpha value is -3.10. The van der Waals surface area contributed by atoms with Crippen molar-refractivity contribution in [2.24, 2.45) is 0 Å². The molecule has 9 heteroatoms. The molecule has 0 bridgehead atoms. The predicted octanol–water partition coefficient (Wildman–Crippen LogP) is 2.81. The fraction of sp³-hybridized carbons (Fsp3) is 0.333. The maximum atomic E-state index is 11.8. The summed E-state index contributed by atoms with van der Waals surface area (Å²) in [6.45, 7) is 0.640. The van der Waals surface area contributed by atoms with Crippen LogP contribution in [-0.4, -0.2) is 46.4 Å². The van der Waals surface area contributed by atoms with E-state index in [1.807, 2.05) is 0 Å². The Bertz CT molecular complexity index is 642. The number of rotatable bonds is 3. The zero-order valence-corrected chi connectivity index (χ0v) is 12.7. The number of carbonyl (C=O) groups excluding carboxylic acids is 1. The molecular weight excluding hydrogens is 320 g/mol. The second-order valence-corrected chi connectivity index (χ2v) is 5.03. The lowest BCUT2D eigenvalue weighted by Gasteiger charge is -2.23. The Morgan fingerprint density at radius 2 is 1.96 bits per heavy atom. The normalized spacial score (nSPS) is 17.5. The average Bonchev–Trinajstić information content (AvgIpc) is 2.50. The van der Waals surface area contributed by atoms with Crippen LogP contribution < -0.4 is 4.74 Å². The molecule has 0 radical (unpaired) electrons. The summed E-state index contributed by atoms with van der Waals surface area (Å²) in [5, 5.41) is 19.6. The summed E-state index contributed by atoms with van der Waals surface area (Å²) in [4.78, 5) is 34.0. The first-order valence-corrected chi connectivity index (χ1v) is 7.23. The van der Waals surface area contributed by atoms with Crippen LogP contribution >= 0.6 is 0 Å². The summed E-state index contributed by atoms with van der Waals surface area (Å²) in [5.74, 6) is 0.118. The second kappa shape index (κ2) is 7.95. The van der Waals surface area contributed by atoms with Crippen LogP contribution in [0, 0.1) is 10.1 Å². The van der Waals surface area contributed by atoms with E-state index >= 15 is 0 Å². The van der Waals surface area contributed by atoms with Crippen LogP contribution in [0.1, 0.15) is 12.8 Å². The van der Waals surface area contributed by atoms with E-state index < -0.39 is 23.3 Å². The topological polar surface area (TPSA) is 119 Å². The third-order valence-electron chi connectivity index (χ3n) is 3.37. The summed E-state index contributed by atoms with van der Waals surface area (Å²) in [6, 6.07) is 5.01. The molecule has 1 atom stereocenters. The van der Waals surface area contributed by atoms with Crippen LogP contribution in [0.4, 0.5) is 15.3 Å². The van der Waals surface area contributed by atoms with Gasteiger partial charge in [-0.3, -0.25) is 10.1 Å². The van der Waals surface area contributed by atoms with Crippen molar-refractivity contribution in [2.75, 3.05) is 13.1 Å².